The van der Waals surface area contributed by atoms with E-state index in [1.54, 1.807) is 0 Å². The van der Waals surface area contributed by atoms with Gasteiger partial charge in [-0.05, 0) is 135 Å². The maximum Gasteiger partial charge on any atom is 0.306 e. The van der Waals surface area contributed by atoms with Crippen LogP contribution in [0.3, 0.4) is 0 Å². The largest absolute Gasteiger partial charge is 0.462 e. The minimum absolute atomic E-state index is 0.0894. The van der Waals surface area contributed by atoms with E-state index in [4.69, 9.17) is 14.2 Å². The summed E-state index contributed by atoms with van der Waals surface area (Å²) in [6, 6.07) is 0. The lowest BCUT2D eigenvalue weighted by atomic mass is 10.1. The van der Waals surface area contributed by atoms with Crippen molar-refractivity contribution in [2.24, 2.45) is 0 Å². The van der Waals surface area contributed by atoms with Crippen LogP contribution in [0, 0.1) is 0 Å². The second-order valence-corrected chi connectivity index (χ2v) is 23.1. The summed E-state index contributed by atoms with van der Waals surface area (Å²) >= 11 is 0. The van der Waals surface area contributed by atoms with Gasteiger partial charge >= 0.3 is 17.9 Å². The molecule has 1 atom stereocenters. The molecule has 474 valence electrons. The van der Waals surface area contributed by atoms with Gasteiger partial charge in [-0.15, -0.1) is 0 Å². The summed E-state index contributed by atoms with van der Waals surface area (Å²) in [6.45, 7) is 6.52. The third-order valence-electron chi connectivity index (χ3n) is 14.9. The van der Waals surface area contributed by atoms with Gasteiger partial charge in [0.05, 0.1) is 0 Å². The van der Waals surface area contributed by atoms with Gasteiger partial charge in [0.15, 0.2) is 6.10 Å². The molecule has 0 saturated carbocycles. The molecule has 0 bridgehead atoms. The molecule has 0 aromatic heterocycles. The van der Waals surface area contributed by atoms with Crippen LogP contribution in [0.15, 0.2) is 122 Å². The fourth-order valence-corrected chi connectivity index (χ4v) is 9.68. The van der Waals surface area contributed by atoms with Crippen LogP contribution in [0.1, 0.15) is 329 Å². The Balaban J connectivity index is 4.44. The Bertz CT molecular complexity index is 1700. The maximum absolute atomic E-state index is 13.0. The first-order chi connectivity index (χ1) is 41.0. The lowest BCUT2D eigenvalue weighted by molar-refractivity contribution is -0.167. The summed E-state index contributed by atoms with van der Waals surface area (Å²) in [5.74, 6) is -0.906. The first-order valence-electron chi connectivity index (χ1n) is 35.0. The van der Waals surface area contributed by atoms with Crippen molar-refractivity contribution in [3.63, 3.8) is 0 Å². The van der Waals surface area contributed by atoms with Crippen molar-refractivity contribution in [3.05, 3.63) is 122 Å². The first kappa shape index (κ1) is 78.8. The van der Waals surface area contributed by atoms with Gasteiger partial charge in [-0.3, -0.25) is 14.4 Å². The van der Waals surface area contributed by atoms with E-state index in [1.165, 1.54) is 161 Å². The van der Waals surface area contributed by atoms with Crippen LogP contribution < -0.4 is 0 Å². The van der Waals surface area contributed by atoms with E-state index in [2.05, 4.69) is 142 Å². The third kappa shape index (κ3) is 68.5. The molecule has 83 heavy (non-hydrogen) atoms. The number of carbonyl (C=O) groups is 3. The molecule has 0 N–H and O–H groups in total. The number of ether oxygens (including phenoxy) is 3. The lowest BCUT2D eigenvalue weighted by Gasteiger charge is -2.18. The van der Waals surface area contributed by atoms with Crippen LogP contribution in [0.25, 0.3) is 0 Å². The summed E-state index contributed by atoms with van der Waals surface area (Å²) in [4.78, 5) is 38.5. The van der Waals surface area contributed by atoms with Gasteiger partial charge in [-0.25, -0.2) is 0 Å². The van der Waals surface area contributed by atoms with E-state index in [0.717, 1.165) is 128 Å². The van der Waals surface area contributed by atoms with Crippen LogP contribution in [0.4, 0.5) is 0 Å². The van der Waals surface area contributed by atoms with Crippen molar-refractivity contribution < 1.29 is 28.6 Å². The van der Waals surface area contributed by atoms with E-state index in [9.17, 15) is 14.4 Å². The van der Waals surface area contributed by atoms with Crippen molar-refractivity contribution >= 4 is 17.9 Å². The van der Waals surface area contributed by atoms with Gasteiger partial charge in [0.25, 0.3) is 0 Å². The van der Waals surface area contributed by atoms with Crippen molar-refractivity contribution in [2.75, 3.05) is 13.2 Å². The molecule has 1 unspecified atom stereocenters. The highest BCUT2D eigenvalue weighted by Gasteiger charge is 2.19. The average Bonchev–Trinajstić information content (AvgIpc) is 3.49. The minimum atomic E-state index is -0.796. The van der Waals surface area contributed by atoms with Crippen molar-refractivity contribution in [1.29, 1.82) is 0 Å². The van der Waals surface area contributed by atoms with Crippen LogP contribution in [-0.2, 0) is 28.6 Å². The predicted molar refractivity (Wildman–Crippen MR) is 362 cm³/mol. The number of hydrogen-bond donors (Lipinski definition) is 0. The predicted octanol–water partition coefficient (Wildman–Crippen LogP) is 24.3. The number of carbonyl (C=O) groups excluding carboxylic acids is 3. The van der Waals surface area contributed by atoms with Crippen LogP contribution in [-0.4, -0.2) is 37.2 Å². The van der Waals surface area contributed by atoms with Crippen LogP contribution in [0.5, 0.6) is 0 Å². The zero-order chi connectivity index (χ0) is 59.9. The molecule has 0 saturated heterocycles. The highest BCUT2D eigenvalue weighted by Crippen LogP contribution is 2.16. The highest BCUT2D eigenvalue weighted by atomic mass is 16.6. The standard InChI is InChI=1S/C77H130O6/c1-4-7-10-13-16-19-22-25-28-31-33-35-37-38-40-41-43-46-49-52-55-58-61-64-67-70-76(79)82-73-74(72-81-75(78)69-66-63-60-57-54-51-48-45-30-27-24-21-18-15-12-9-6-3)83-77(80)71-68-65-62-59-56-53-50-47-44-42-39-36-34-32-29-26-23-20-17-14-11-8-5-2/h7,10,16,19,23,25-28,30,32-35,38-40,42-43,46,74H,4-6,8-9,11-15,17-18,20-22,24,29,31,36-37,41,44-45,47-73H2,1-3H3/b10-7-,19-16-,26-23-,28-25-,30-27-,34-32-,35-33-,40-38-,42-39-,46-43-. The Morgan fingerprint density at radius 1 is 0.253 bits per heavy atom. The molecule has 0 spiro atoms. The topological polar surface area (TPSA) is 78.9 Å². The molecule has 0 aliphatic heterocycles. The smallest absolute Gasteiger partial charge is 0.306 e. The Morgan fingerprint density at radius 2 is 0.470 bits per heavy atom. The normalized spacial score (nSPS) is 12.9. The molecular formula is C77H130O6. The molecule has 0 rings (SSSR count). The third-order valence-corrected chi connectivity index (χ3v) is 14.9. The molecule has 0 amide bonds. The van der Waals surface area contributed by atoms with E-state index < -0.39 is 6.10 Å². The fourth-order valence-electron chi connectivity index (χ4n) is 9.68. The number of rotatable bonds is 63. The zero-order valence-electron chi connectivity index (χ0n) is 54.4. The molecule has 0 radical (unpaired) electrons. The number of esters is 3. The Hall–Kier alpha value is -4.19. The summed E-state index contributed by atoms with van der Waals surface area (Å²) in [6.07, 6.45) is 97.8. The second kappa shape index (κ2) is 70.3. The van der Waals surface area contributed by atoms with Gasteiger partial charge in [-0.1, -0.05) is 296 Å². The Morgan fingerprint density at radius 3 is 0.747 bits per heavy atom. The summed E-state index contributed by atoms with van der Waals surface area (Å²) in [7, 11) is 0. The maximum atomic E-state index is 13.0. The molecule has 0 heterocycles. The molecule has 0 aliphatic carbocycles. The molecule has 0 aromatic carbocycles. The van der Waals surface area contributed by atoms with Crippen LogP contribution >= 0.6 is 0 Å². The van der Waals surface area contributed by atoms with E-state index in [1.807, 2.05) is 0 Å². The summed E-state index contributed by atoms with van der Waals surface area (Å²) in [5.41, 5.74) is 0. The van der Waals surface area contributed by atoms with E-state index >= 15 is 0 Å². The fraction of sp³-hybridized carbons (Fsp3) is 0.701. The second-order valence-electron chi connectivity index (χ2n) is 23.1. The van der Waals surface area contributed by atoms with E-state index in [0.29, 0.717) is 19.3 Å². The number of allylic oxidation sites excluding steroid dienone is 20. The number of hydrogen-bond acceptors (Lipinski definition) is 6. The Labute approximate surface area is 513 Å². The van der Waals surface area contributed by atoms with Gasteiger partial charge in [-0.2, -0.15) is 0 Å². The van der Waals surface area contributed by atoms with E-state index in [-0.39, 0.29) is 31.1 Å². The van der Waals surface area contributed by atoms with Gasteiger partial charge in [0, 0.05) is 19.3 Å². The lowest BCUT2D eigenvalue weighted by Crippen LogP contribution is -2.30. The molecule has 6 nitrogen and oxygen atoms in total. The SMILES string of the molecule is CC/C=C\C/C=C\C/C=C\C/C=C\C/C=C\C/C=C\CCCCCCCCC(=O)OCC(COC(=O)CCCCCCCCC/C=C\CCCCCCCC)OC(=O)CCCCCCCCCC/C=C\C/C=C\C/C=C\CCCCCCC. The molecule has 6 heteroatoms. The quantitative estimate of drug-likeness (QED) is 0.0261. The average molecular weight is 1150 g/mol. The number of unbranched alkanes of at least 4 members (excludes halogenated alkanes) is 32. The monoisotopic (exact) mass is 1150 g/mol. The first-order valence-corrected chi connectivity index (χ1v) is 35.0. The zero-order valence-corrected chi connectivity index (χ0v) is 54.4. The van der Waals surface area contributed by atoms with Crippen molar-refractivity contribution in [1.82, 2.24) is 0 Å². The van der Waals surface area contributed by atoms with Gasteiger partial charge in [0.1, 0.15) is 13.2 Å². The minimum Gasteiger partial charge on any atom is -0.462 e. The van der Waals surface area contributed by atoms with Crippen molar-refractivity contribution in [3.8, 4) is 0 Å². The molecule has 0 aromatic rings. The highest BCUT2D eigenvalue weighted by molar-refractivity contribution is 5.71. The Kier molecular flexibility index (Phi) is 66.7. The molecular weight excluding hydrogens is 1020 g/mol. The van der Waals surface area contributed by atoms with Gasteiger partial charge in [0.2, 0.25) is 0 Å². The summed E-state index contributed by atoms with van der Waals surface area (Å²) < 4.78 is 17.0. The van der Waals surface area contributed by atoms with Crippen LogP contribution in [0.2, 0.25) is 0 Å². The van der Waals surface area contributed by atoms with Crippen molar-refractivity contribution in [2.45, 2.75) is 335 Å². The summed E-state index contributed by atoms with van der Waals surface area (Å²) in [5, 5.41) is 0. The molecule has 0 aliphatic rings. The molecule has 0 fully saturated rings. The van der Waals surface area contributed by atoms with Gasteiger partial charge < -0.3 is 14.2 Å².